The molecule has 0 aromatic heterocycles. The Kier molecular flexibility index (Phi) is 7.92. The van der Waals surface area contributed by atoms with Gasteiger partial charge in [-0.05, 0) is 23.8 Å². The Bertz CT molecular complexity index is 552. The fourth-order valence-electron chi connectivity index (χ4n) is 2.18. The van der Waals surface area contributed by atoms with E-state index < -0.39 is 7.92 Å². The predicted octanol–water partition coefficient (Wildman–Crippen LogP) is 5.42. The largest absolute Gasteiger partial charge is 0.0818 e. The SMILES string of the molecule is ClPCl.c1ccc(P(c2ccccc2)c2ccccc2)cc1. The van der Waals surface area contributed by atoms with E-state index in [9.17, 15) is 0 Å². The Morgan fingerprint density at radius 2 is 0.727 bits per heavy atom. The first kappa shape index (κ1) is 17.5. The summed E-state index contributed by atoms with van der Waals surface area (Å²) in [4.78, 5) is 0. The Morgan fingerprint density at radius 1 is 0.500 bits per heavy atom. The van der Waals surface area contributed by atoms with Crippen molar-refractivity contribution in [2.24, 2.45) is 0 Å². The summed E-state index contributed by atoms with van der Waals surface area (Å²) in [6.07, 6.45) is 0. The predicted molar refractivity (Wildman–Crippen MR) is 105 cm³/mol. The Morgan fingerprint density at radius 3 is 0.955 bits per heavy atom. The second-order valence-electron chi connectivity index (χ2n) is 4.41. The number of rotatable bonds is 3. The van der Waals surface area contributed by atoms with Gasteiger partial charge in [-0.25, -0.2) is 0 Å². The van der Waals surface area contributed by atoms with Gasteiger partial charge in [-0.2, -0.15) is 0 Å². The average Bonchev–Trinajstić information content (AvgIpc) is 2.59. The molecular formula is C18H16Cl2P2. The summed E-state index contributed by atoms with van der Waals surface area (Å²) in [5.74, 6) is 0. The van der Waals surface area contributed by atoms with Crippen molar-refractivity contribution in [1.29, 1.82) is 0 Å². The zero-order valence-corrected chi connectivity index (χ0v) is 15.3. The molecule has 0 heterocycles. The highest BCUT2D eigenvalue weighted by Gasteiger charge is 2.14. The molecule has 112 valence electrons. The molecule has 4 heteroatoms. The molecule has 0 spiro atoms. The van der Waals surface area contributed by atoms with E-state index >= 15 is 0 Å². The zero-order chi connectivity index (χ0) is 15.6. The monoisotopic (exact) mass is 364 g/mol. The fourth-order valence-corrected chi connectivity index (χ4v) is 4.48. The smallest absolute Gasteiger partial charge is 0.0713 e. The first-order chi connectivity index (χ1) is 10.9. The van der Waals surface area contributed by atoms with Gasteiger partial charge in [0, 0.05) is 0 Å². The van der Waals surface area contributed by atoms with Gasteiger partial charge in [0.25, 0.3) is 0 Å². The van der Waals surface area contributed by atoms with Gasteiger partial charge in [0.1, 0.15) is 0 Å². The Balaban J connectivity index is 0.000000545. The maximum atomic E-state index is 4.79. The lowest BCUT2D eigenvalue weighted by atomic mass is 10.4. The molecule has 0 aliphatic heterocycles. The summed E-state index contributed by atoms with van der Waals surface area (Å²) in [6.45, 7) is 0. The van der Waals surface area contributed by atoms with E-state index in [0.29, 0.717) is 0 Å². The van der Waals surface area contributed by atoms with Crippen molar-refractivity contribution in [3.05, 3.63) is 91.0 Å². The lowest BCUT2D eigenvalue weighted by Gasteiger charge is -2.18. The summed E-state index contributed by atoms with van der Waals surface area (Å²) in [7, 11) is -0.418. The number of hydrogen-bond acceptors (Lipinski definition) is 0. The molecule has 0 amide bonds. The quantitative estimate of drug-likeness (QED) is 0.544. The van der Waals surface area contributed by atoms with Gasteiger partial charge in [-0.15, -0.1) is 0 Å². The van der Waals surface area contributed by atoms with Gasteiger partial charge < -0.3 is 0 Å². The van der Waals surface area contributed by atoms with Crippen molar-refractivity contribution in [1.82, 2.24) is 0 Å². The van der Waals surface area contributed by atoms with Gasteiger partial charge >= 0.3 is 0 Å². The lowest BCUT2D eigenvalue weighted by Crippen LogP contribution is -2.20. The summed E-state index contributed by atoms with van der Waals surface area (Å²) in [5.41, 5.74) is 0. The summed E-state index contributed by atoms with van der Waals surface area (Å²) >= 11 is 9.58. The summed E-state index contributed by atoms with van der Waals surface area (Å²) in [6, 6.07) is 32.3. The molecule has 0 unspecified atom stereocenters. The number of halogens is 2. The van der Waals surface area contributed by atoms with Gasteiger partial charge in [-0.1, -0.05) is 113 Å². The van der Waals surface area contributed by atoms with E-state index in [0.717, 1.165) is 0 Å². The van der Waals surface area contributed by atoms with E-state index in [1.165, 1.54) is 15.9 Å². The maximum Gasteiger partial charge on any atom is 0.0713 e. The first-order valence-corrected chi connectivity index (χ1v) is 11.1. The van der Waals surface area contributed by atoms with Gasteiger partial charge in [0.15, 0.2) is 0 Å². The van der Waals surface area contributed by atoms with Crippen LogP contribution in [0.1, 0.15) is 0 Å². The highest BCUT2D eigenvalue weighted by atomic mass is 35.9. The highest BCUT2D eigenvalue weighted by Crippen LogP contribution is 2.32. The first-order valence-electron chi connectivity index (χ1n) is 6.78. The zero-order valence-electron chi connectivity index (χ0n) is 11.9. The third-order valence-electron chi connectivity index (χ3n) is 3.04. The van der Waals surface area contributed by atoms with Crippen LogP contribution in [-0.4, -0.2) is 0 Å². The summed E-state index contributed by atoms with van der Waals surface area (Å²) < 4.78 is 0. The van der Waals surface area contributed by atoms with Crippen molar-refractivity contribution in [3.63, 3.8) is 0 Å². The molecule has 0 atom stereocenters. The molecule has 3 aromatic rings. The van der Waals surface area contributed by atoms with E-state index in [1.54, 1.807) is 0 Å². The van der Waals surface area contributed by atoms with Crippen LogP contribution < -0.4 is 15.9 Å². The van der Waals surface area contributed by atoms with Crippen LogP contribution in [0.3, 0.4) is 0 Å². The minimum Gasteiger partial charge on any atom is -0.0818 e. The fraction of sp³-hybridized carbons (Fsp3) is 0. The van der Waals surface area contributed by atoms with E-state index in [2.05, 4.69) is 91.0 Å². The number of benzene rings is 3. The second-order valence-corrected chi connectivity index (χ2v) is 8.49. The average molecular weight is 365 g/mol. The van der Waals surface area contributed by atoms with E-state index in [-0.39, 0.29) is 7.29 Å². The van der Waals surface area contributed by atoms with Crippen LogP contribution in [-0.2, 0) is 0 Å². The van der Waals surface area contributed by atoms with Crippen LogP contribution in [0.2, 0.25) is 0 Å². The minimum atomic E-state index is -0.446. The van der Waals surface area contributed by atoms with E-state index in [4.69, 9.17) is 22.5 Å². The van der Waals surface area contributed by atoms with Crippen LogP contribution >= 0.6 is 37.7 Å². The van der Waals surface area contributed by atoms with Crippen molar-refractivity contribution in [2.75, 3.05) is 0 Å². The lowest BCUT2D eigenvalue weighted by molar-refractivity contribution is 1.74. The molecule has 0 N–H and O–H groups in total. The number of hydrogen-bond donors (Lipinski definition) is 0. The molecule has 0 aliphatic carbocycles. The molecule has 3 aromatic carbocycles. The van der Waals surface area contributed by atoms with Crippen molar-refractivity contribution in [2.45, 2.75) is 0 Å². The molecular weight excluding hydrogens is 349 g/mol. The molecule has 0 bridgehead atoms. The minimum absolute atomic E-state index is 0.0278. The molecule has 0 aliphatic rings. The molecule has 0 saturated carbocycles. The summed E-state index contributed by atoms with van der Waals surface area (Å²) in [5, 5.41) is 4.19. The van der Waals surface area contributed by atoms with Crippen molar-refractivity contribution >= 4 is 53.6 Å². The molecule has 22 heavy (non-hydrogen) atoms. The standard InChI is InChI=1S/C18H15P.Cl2HP/c1-4-10-16(11-5-1)19(17-12-6-2-7-13-17)18-14-8-3-9-15-18;1-3-2/h1-15H;3H. The van der Waals surface area contributed by atoms with Crippen molar-refractivity contribution in [3.8, 4) is 0 Å². The van der Waals surface area contributed by atoms with E-state index in [1.807, 2.05) is 0 Å². The molecule has 0 radical (unpaired) electrons. The van der Waals surface area contributed by atoms with Gasteiger partial charge in [-0.3, -0.25) is 0 Å². The molecule has 3 rings (SSSR count). The van der Waals surface area contributed by atoms with Crippen molar-refractivity contribution < 1.29 is 0 Å². The molecule has 0 saturated heterocycles. The topological polar surface area (TPSA) is 0 Å². The van der Waals surface area contributed by atoms with Crippen LogP contribution in [0.25, 0.3) is 0 Å². The molecule has 0 fully saturated rings. The van der Waals surface area contributed by atoms with Gasteiger partial charge in [0.05, 0.1) is 7.29 Å². The van der Waals surface area contributed by atoms with Crippen LogP contribution in [0, 0.1) is 0 Å². The normalized spacial score (nSPS) is 9.95. The van der Waals surface area contributed by atoms with Gasteiger partial charge in [0.2, 0.25) is 0 Å². The molecule has 0 nitrogen and oxygen atoms in total. The van der Waals surface area contributed by atoms with Crippen LogP contribution in [0.4, 0.5) is 0 Å². The maximum absolute atomic E-state index is 4.79. The third kappa shape index (κ3) is 5.08. The Labute approximate surface area is 144 Å². The third-order valence-corrected chi connectivity index (χ3v) is 5.49. The van der Waals surface area contributed by atoms with Crippen LogP contribution in [0.15, 0.2) is 91.0 Å². The Hall–Kier alpha value is -0.900. The van der Waals surface area contributed by atoms with Crippen LogP contribution in [0.5, 0.6) is 0 Å². The highest BCUT2D eigenvalue weighted by molar-refractivity contribution is 7.90. The second kappa shape index (κ2) is 9.98.